The molecule has 0 unspecified atom stereocenters. The predicted octanol–water partition coefficient (Wildman–Crippen LogP) is 3.01. The number of pyridine rings is 1. The molecule has 4 nitrogen and oxygen atoms in total. The number of aromatic nitrogens is 1. The number of hydrogen-bond donors (Lipinski definition) is 0. The zero-order valence-corrected chi connectivity index (χ0v) is 12.1. The van der Waals surface area contributed by atoms with Crippen LogP contribution < -0.4 is 0 Å². The summed E-state index contributed by atoms with van der Waals surface area (Å²) < 4.78 is 0. The van der Waals surface area contributed by atoms with Crippen LogP contribution in [0.2, 0.25) is 0 Å². The lowest BCUT2D eigenvalue weighted by Gasteiger charge is -2.22. The maximum absolute atomic E-state index is 12.5. The van der Waals surface area contributed by atoms with E-state index in [4.69, 9.17) is 0 Å². The van der Waals surface area contributed by atoms with Crippen molar-refractivity contribution in [3.63, 3.8) is 0 Å². The topological polar surface area (TPSA) is 50.3 Å². The third-order valence-electron chi connectivity index (χ3n) is 4.70. The molecule has 0 radical (unpaired) electrons. The van der Waals surface area contributed by atoms with E-state index in [1.807, 2.05) is 18.2 Å². The Morgan fingerprint density at radius 2 is 1.59 bits per heavy atom. The van der Waals surface area contributed by atoms with E-state index in [2.05, 4.69) is 4.98 Å². The monoisotopic (exact) mass is 292 g/mol. The molecule has 1 aromatic carbocycles. The van der Waals surface area contributed by atoms with Gasteiger partial charge in [-0.2, -0.15) is 0 Å². The van der Waals surface area contributed by atoms with Crippen LogP contribution in [-0.4, -0.2) is 27.7 Å². The lowest BCUT2D eigenvalue weighted by molar-refractivity contribution is 0.0586. The first-order valence-corrected chi connectivity index (χ1v) is 7.63. The standard InChI is InChI=1S/C18H16N2O2/c21-17-14-5-1-2-6-15(14)18(22)20(17)13-9-8-12(11-13)16-7-3-4-10-19-16/h1-7,10,12-13H,8-9,11H2/t12-,13+/m1/s1. The number of benzene rings is 1. The predicted molar refractivity (Wildman–Crippen MR) is 81.6 cm³/mol. The summed E-state index contributed by atoms with van der Waals surface area (Å²) in [4.78, 5) is 30.9. The Morgan fingerprint density at radius 3 is 2.23 bits per heavy atom. The average Bonchev–Trinajstić information content (AvgIpc) is 3.13. The van der Waals surface area contributed by atoms with Gasteiger partial charge in [0.2, 0.25) is 0 Å². The first-order valence-electron chi connectivity index (χ1n) is 7.63. The number of nitrogens with zero attached hydrogens (tertiary/aromatic N) is 2. The quantitative estimate of drug-likeness (QED) is 0.799. The van der Waals surface area contributed by atoms with Crippen molar-refractivity contribution in [1.29, 1.82) is 0 Å². The Labute approximate surface area is 128 Å². The van der Waals surface area contributed by atoms with Gasteiger partial charge in [0, 0.05) is 23.9 Å². The minimum Gasteiger partial charge on any atom is -0.271 e. The fourth-order valence-corrected chi connectivity index (χ4v) is 3.62. The summed E-state index contributed by atoms with van der Waals surface area (Å²) in [5, 5.41) is 0. The lowest BCUT2D eigenvalue weighted by Crippen LogP contribution is -2.38. The SMILES string of the molecule is O=C1c2ccccc2C(=O)N1[C@H]1CC[C@@H](c2ccccn2)C1. The molecule has 22 heavy (non-hydrogen) atoms. The van der Waals surface area contributed by atoms with Gasteiger partial charge in [-0.05, 0) is 43.5 Å². The largest absolute Gasteiger partial charge is 0.271 e. The summed E-state index contributed by atoms with van der Waals surface area (Å²) in [7, 11) is 0. The fraction of sp³-hybridized carbons (Fsp3) is 0.278. The van der Waals surface area contributed by atoms with Gasteiger partial charge in [0.25, 0.3) is 11.8 Å². The summed E-state index contributed by atoms with van der Waals surface area (Å²) in [5.41, 5.74) is 2.13. The second-order valence-electron chi connectivity index (χ2n) is 5.94. The molecular formula is C18H16N2O2. The lowest BCUT2D eigenvalue weighted by atomic mass is 10.0. The molecule has 1 aliphatic heterocycles. The van der Waals surface area contributed by atoms with Crippen LogP contribution in [0.15, 0.2) is 48.7 Å². The number of imide groups is 1. The van der Waals surface area contributed by atoms with Crippen LogP contribution in [0.25, 0.3) is 0 Å². The van der Waals surface area contributed by atoms with Crippen molar-refractivity contribution in [1.82, 2.24) is 9.88 Å². The minimum absolute atomic E-state index is 0.0144. The Kier molecular flexibility index (Phi) is 3.03. The van der Waals surface area contributed by atoms with E-state index in [9.17, 15) is 9.59 Å². The molecule has 0 N–H and O–H groups in total. The Balaban J connectivity index is 1.58. The van der Waals surface area contributed by atoms with Crippen LogP contribution >= 0.6 is 0 Å². The summed E-state index contributed by atoms with van der Waals surface area (Å²) >= 11 is 0. The van der Waals surface area contributed by atoms with Crippen LogP contribution in [0.5, 0.6) is 0 Å². The van der Waals surface area contributed by atoms with E-state index < -0.39 is 0 Å². The summed E-state index contributed by atoms with van der Waals surface area (Å²) in [6.07, 6.45) is 4.43. The Morgan fingerprint density at radius 1 is 0.909 bits per heavy atom. The third-order valence-corrected chi connectivity index (χ3v) is 4.70. The molecule has 0 spiro atoms. The van der Waals surface area contributed by atoms with Gasteiger partial charge in [0.1, 0.15) is 0 Å². The van der Waals surface area contributed by atoms with Crippen LogP contribution in [0.1, 0.15) is 51.6 Å². The molecule has 1 aliphatic carbocycles. The molecule has 2 aliphatic rings. The van der Waals surface area contributed by atoms with Gasteiger partial charge in [0.15, 0.2) is 0 Å². The summed E-state index contributed by atoms with van der Waals surface area (Å²) in [6.45, 7) is 0. The van der Waals surface area contributed by atoms with Crippen molar-refractivity contribution in [2.45, 2.75) is 31.2 Å². The molecule has 110 valence electrons. The van der Waals surface area contributed by atoms with Crippen LogP contribution in [-0.2, 0) is 0 Å². The van der Waals surface area contributed by atoms with Gasteiger partial charge >= 0.3 is 0 Å². The van der Waals surface area contributed by atoms with Crippen molar-refractivity contribution in [3.05, 3.63) is 65.5 Å². The van der Waals surface area contributed by atoms with Crippen molar-refractivity contribution in [2.75, 3.05) is 0 Å². The summed E-state index contributed by atoms with van der Waals surface area (Å²) in [6, 6.07) is 13.0. The molecule has 2 atom stereocenters. The highest BCUT2D eigenvalue weighted by Gasteiger charge is 2.42. The van der Waals surface area contributed by atoms with Crippen LogP contribution in [0.3, 0.4) is 0 Å². The van der Waals surface area contributed by atoms with E-state index in [1.165, 1.54) is 4.90 Å². The van der Waals surface area contributed by atoms with Crippen molar-refractivity contribution in [2.24, 2.45) is 0 Å². The maximum Gasteiger partial charge on any atom is 0.261 e. The number of carbonyl (C=O) groups excluding carboxylic acids is 2. The van der Waals surface area contributed by atoms with Gasteiger partial charge in [0.05, 0.1) is 11.1 Å². The molecule has 2 aromatic rings. The molecule has 0 bridgehead atoms. The van der Waals surface area contributed by atoms with E-state index in [1.54, 1.807) is 30.5 Å². The Bertz CT molecular complexity index is 707. The highest BCUT2D eigenvalue weighted by atomic mass is 16.2. The molecular weight excluding hydrogens is 276 g/mol. The van der Waals surface area contributed by atoms with Crippen LogP contribution in [0, 0.1) is 0 Å². The van der Waals surface area contributed by atoms with Gasteiger partial charge < -0.3 is 0 Å². The van der Waals surface area contributed by atoms with E-state index >= 15 is 0 Å². The average molecular weight is 292 g/mol. The van der Waals surface area contributed by atoms with Gasteiger partial charge in [-0.1, -0.05) is 18.2 Å². The smallest absolute Gasteiger partial charge is 0.261 e. The second-order valence-corrected chi connectivity index (χ2v) is 5.94. The van der Waals surface area contributed by atoms with E-state index in [0.29, 0.717) is 17.0 Å². The Hall–Kier alpha value is -2.49. The fourth-order valence-electron chi connectivity index (χ4n) is 3.62. The third kappa shape index (κ3) is 1.95. The number of carbonyl (C=O) groups is 2. The highest BCUT2D eigenvalue weighted by Crippen LogP contribution is 2.38. The molecule has 1 aromatic heterocycles. The normalized spacial score (nSPS) is 23.9. The zero-order chi connectivity index (χ0) is 15.1. The minimum atomic E-state index is -0.146. The van der Waals surface area contributed by atoms with E-state index in [-0.39, 0.29) is 17.9 Å². The molecule has 1 fully saturated rings. The zero-order valence-electron chi connectivity index (χ0n) is 12.1. The molecule has 0 saturated heterocycles. The second kappa shape index (κ2) is 5.05. The number of amides is 2. The molecule has 4 heteroatoms. The first kappa shape index (κ1) is 13.2. The highest BCUT2D eigenvalue weighted by molar-refractivity contribution is 6.21. The van der Waals surface area contributed by atoms with Gasteiger partial charge in [-0.3, -0.25) is 19.5 Å². The number of fused-ring (bicyclic) bond motifs is 1. The number of hydrogen-bond acceptors (Lipinski definition) is 3. The molecule has 4 rings (SSSR count). The van der Waals surface area contributed by atoms with Crippen molar-refractivity contribution < 1.29 is 9.59 Å². The maximum atomic E-state index is 12.5. The first-order chi connectivity index (χ1) is 10.8. The number of rotatable bonds is 2. The van der Waals surface area contributed by atoms with E-state index in [0.717, 1.165) is 25.0 Å². The summed E-state index contributed by atoms with van der Waals surface area (Å²) in [5.74, 6) is 0.0371. The molecule has 2 amide bonds. The molecule has 2 heterocycles. The van der Waals surface area contributed by atoms with Crippen molar-refractivity contribution in [3.8, 4) is 0 Å². The van der Waals surface area contributed by atoms with Crippen LogP contribution in [0.4, 0.5) is 0 Å². The molecule has 1 saturated carbocycles. The van der Waals surface area contributed by atoms with Gasteiger partial charge in [-0.15, -0.1) is 0 Å². The van der Waals surface area contributed by atoms with Gasteiger partial charge in [-0.25, -0.2) is 0 Å². The van der Waals surface area contributed by atoms with Crippen molar-refractivity contribution >= 4 is 11.8 Å².